The predicted molar refractivity (Wildman–Crippen MR) is 58.2 cm³/mol. The number of aromatic amines is 1. The Morgan fingerprint density at radius 1 is 1.56 bits per heavy atom. The maximum Gasteiger partial charge on any atom is 0.332 e. The molecule has 84 valence electrons. The predicted octanol–water partition coefficient (Wildman–Crippen LogP) is 0.859. The Morgan fingerprint density at radius 3 is 3.00 bits per heavy atom. The Labute approximate surface area is 91.7 Å². The highest BCUT2D eigenvalue weighted by atomic mass is 16.4. The molecule has 5 nitrogen and oxygen atoms in total. The number of fused-ring (bicyclic) bond motifs is 1. The van der Waals surface area contributed by atoms with Gasteiger partial charge in [0, 0.05) is 11.8 Å². The van der Waals surface area contributed by atoms with Gasteiger partial charge in [-0.3, -0.25) is 5.10 Å². The lowest BCUT2D eigenvalue weighted by molar-refractivity contribution is -0.146. The highest BCUT2D eigenvalue weighted by Crippen LogP contribution is 2.19. The summed E-state index contributed by atoms with van der Waals surface area (Å²) in [6, 6.07) is 3.69. The minimum Gasteiger partial charge on any atom is -0.479 e. The van der Waals surface area contributed by atoms with E-state index in [4.69, 9.17) is 5.11 Å². The quantitative estimate of drug-likeness (QED) is 0.716. The van der Waals surface area contributed by atoms with Crippen molar-refractivity contribution in [2.45, 2.75) is 19.4 Å². The van der Waals surface area contributed by atoms with Gasteiger partial charge in [-0.15, -0.1) is 0 Å². The summed E-state index contributed by atoms with van der Waals surface area (Å²) in [6.45, 7) is 1.91. The van der Waals surface area contributed by atoms with E-state index in [-0.39, 0.29) is 6.42 Å². The summed E-state index contributed by atoms with van der Waals surface area (Å²) in [5, 5.41) is 25.6. The van der Waals surface area contributed by atoms with Crippen LogP contribution in [0, 0.1) is 6.92 Å². The number of aromatic nitrogens is 2. The fourth-order valence-corrected chi connectivity index (χ4v) is 1.74. The Balaban J connectivity index is 2.35. The minimum atomic E-state index is -1.36. The van der Waals surface area contributed by atoms with Gasteiger partial charge in [-0.2, -0.15) is 5.10 Å². The lowest BCUT2D eigenvalue weighted by Crippen LogP contribution is -2.21. The second-order valence-electron chi connectivity index (χ2n) is 3.81. The lowest BCUT2D eigenvalue weighted by Gasteiger charge is -2.06. The molecule has 0 radical (unpaired) electrons. The van der Waals surface area contributed by atoms with E-state index in [2.05, 4.69) is 10.2 Å². The first kappa shape index (κ1) is 10.6. The molecule has 0 spiro atoms. The molecule has 2 aromatic rings. The van der Waals surface area contributed by atoms with Crippen LogP contribution in [0.4, 0.5) is 0 Å². The van der Waals surface area contributed by atoms with Gasteiger partial charge in [0.25, 0.3) is 0 Å². The van der Waals surface area contributed by atoms with Crippen molar-refractivity contribution in [2.75, 3.05) is 0 Å². The van der Waals surface area contributed by atoms with Crippen molar-refractivity contribution in [1.29, 1.82) is 0 Å². The molecule has 1 heterocycles. The van der Waals surface area contributed by atoms with Crippen LogP contribution in [0.3, 0.4) is 0 Å². The molecule has 0 aliphatic rings. The van der Waals surface area contributed by atoms with Gasteiger partial charge in [-0.25, -0.2) is 4.79 Å². The number of nitrogens with one attached hydrogen (secondary N) is 1. The van der Waals surface area contributed by atoms with Gasteiger partial charge in [-0.05, 0) is 24.1 Å². The second kappa shape index (κ2) is 3.94. The van der Waals surface area contributed by atoms with Crippen molar-refractivity contribution in [3.05, 3.63) is 29.5 Å². The van der Waals surface area contributed by atoms with Crippen molar-refractivity contribution >= 4 is 16.9 Å². The zero-order valence-electron chi connectivity index (χ0n) is 8.77. The molecular weight excluding hydrogens is 208 g/mol. The minimum absolute atomic E-state index is 0.108. The van der Waals surface area contributed by atoms with E-state index in [1.165, 1.54) is 0 Å². The van der Waals surface area contributed by atoms with E-state index in [0.717, 1.165) is 22.0 Å². The molecular formula is C11H12N2O3. The number of H-pyrrole nitrogens is 1. The number of benzene rings is 1. The van der Waals surface area contributed by atoms with Crippen LogP contribution in [0.2, 0.25) is 0 Å². The summed E-state index contributed by atoms with van der Waals surface area (Å²) in [5.74, 6) is -1.20. The van der Waals surface area contributed by atoms with Crippen molar-refractivity contribution in [1.82, 2.24) is 10.2 Å². The Kier molecular flexibility index (Phi) is 2.62. The van der Waals surface area contributed by atoms with Crippen molar-refractivity contribution < 1.29 is 15.0 Å². The van der Waals surface area contributed by atoms with Crippen LogP contribution in [0.5, 0.6) is 0 Å². The summed E-state index contributed by atoms with van der Waals surface area (Å²) in [7, 11) is 0. The van der Waals surface area contributed by atoms with Crippen molar-refractivity contribution in [3.63, 3.8) is 0 Å². The third-order valence-electron chi connectivity index (χ3n) is 2.52. The number of nitrogens with zero attached hydrogens (tertiary/aromatic N) is 1. The van der Waals surface area contributed by atoms with Crippen LogP contribution in [0.15, 0.2) is 18.3 Å². The summed E-state index contributed by atoms with van der Waals surface area (Å²) in [6.07, 6.45) is 0.430. The van der Waals surface area contributed by atoms with Gasteiger partial charge in [-0.1, -0.05) is 6.07 Å². The highest BCUT2D eigenvalue weighted by molar-refractivity contribution is 5.82. The van der Waals surface area contributed by atoms with Crippen LogP contribution in [-0.2, 0) is 11.2 Å². The molecule has 0 aliphatic heterocycles. The third-order valence-corrected chi connectivity index (χ3v) is 2.52. The standard InChI is InChI=1S/C11H12N2O3/c1-6-2-7(4-9(14)11(15)16)3-8-5-12-13-10(6)8/h2-3,5,9,14H,4H2,1H3,(H,12,13)(H,15,16)/t9-/m1/s1. The number of aliphatic hydroxyl groups excluding tert-OH is 1. The zero-order valence-corrected chi connectivity index (χ0v) is 8.77. The van der Waals surface area contributed by atoms with E-state index in [0.29, 0.717) is 0 Å². The fourth-order valence-electron chi connectivity index (χ4n) is 1.74. The average molecular weight is 220 g/mol. The van der Waals surface area contributed by atoms with Gasteiger partial charge in [0.05, 0.1) is 11.7 Å². The van der Waals surface area contributed by atoms with Gasteiger partial charge >= 0.3 is 5.97 Å². The molecule has 3 N–H and O–H groups in total. The number of hydrogen-bond acceptors (Lipinski definition) is 3. The Hall–Kier alpha value is -1.88. The van der Waals surface area contributed by atoms with Crippen LogP contribution in [0.25, 0.3) is 10.9 Å². The van der Waals surface area contributed by atoms with Crippen LogP contribution >= 0.6 is 0 Å². The first-order valence-corrected chi connectivity index (χ1v) is 4.91. The molecule has 2 rings (SSSR count). The SMILES string of the molecule is Cc1cc(C[C@@H](O)C(=O)O)cc2cn[nH]c12. The number of carboxylic acid groups (broad SMARTS) is 1. The summed E-state index contributed by atoms with van der Waals surface area (Å²) in [5.41, 5.74) is 2.72. The molecule has 1 aromatic carbocycles. The molecule has 1 atom stereocenters. The number of aryl methyl sites for hydroxylation is 1. The molecule has 0 amide bonds. The van der Waals surface area contributed by atoms with Crippen LogP contribution in [-0.4, -0.2) is 32.5 Å². The maximum atomic E-state index is 10.5. The molecule has 0 saturated heterocycles. The summed E-state index contributed by atoms with van der Waals surface area (Å²) < 4.78 is 0. The number of carbonyl (C=O) groups is 1. The Morgan fingerprint density at radius 2 is 2.31 bits per heavy atom. The Bertz CT molecular complexity index is 533. The molecule has 0 saturated carbocycles. The topological polar surface area (TPSA) is 86.2 Å². The van der Waals surface area contributed by atoms with E-state index in [9.17, 15) is 9.90 Å². The number of aliphatic carboxylic acids is 1. The van der Waals surface area contributed by atoms with Crippen LogP contribution < -0.4 is 0 Å². The van der Waals surface area contributed by atoms with Crippen molar-refractivity contribution in [2.24, 2.45) is 0 Å². The number of rotatable bonds is 3. The van der Waals surface area contributed by atoms with Gasteiger partial charge in [0.2, 0.25) is 0 Å². The van der Waals surface area contributed by atoms with Gasteiger partial charge in [0.15, 0.2) is 6.10 Å². The summed E-state index contributed by atoms with van der Waals surface area (Å²) in [4.78, 5) is 10.5. The summed E-state index contributed by atoms with van der Waals surface area (Å²) >= 11 is 0. The molecule has 1 aromatic heterocycles. The fraction of sp³-hybridized carbons (Fsp3) is 0.273. The average Bonchev–Trinajstić information content (AvgIpc) is 2.65. The monoisotopic (exact) mass is 220 g/mol. The van der Waals surface area contributed by atoms with E-state index >= 15 is 0 Å². The molecule has 0 bridgehead atoms. The molecule has 5 heteroatoms. The smallest absolute Gasteiger partial charge is 0.332 e. The normalized spacial score (nSPS) is 12.9. The zero-order chi connectivity index (χ0) is 11.7. The van der Waals surface area contributed by atoms with E-state index in [1.807, 2.05) is 19.1 Å². The van der Waals surface area contributed by atoms with Gasteiger partial charge < -0.3 is 10.2 Å². The van der Waals surface area contributed by atoms with Crippen LogP contribution in [0.1, 0.15) is 11.1 Å². The second-order valence-corrected chi connectivity index (χ2v) is 3.81. The first-order valence-electron chi connectivity index (χ1n) is 4.91. The lowest BCUT2D eigenvalue weighted by atomic mass is 10.0. The maximum absolute atomic E-state index is 10.5. The van der Waals surface area contributed by atoms with E-state index in [1.54, 1.807) is 6.20 Å². The molecule has 0 aliphatic carbocycles. The molecule has 0 fully saturated rings. The largest absolute Gasteiger partial charge is 0.479 e. The number of hydrogen-bond donors (Lipinski definition) is 3. The molecule has 0 unspecified atom stereocenters. The van der Waals surface area contributed by atoms with Gasteiger partial charge in [0.1, 0.15) is 0 Å². The first-order chi connectivity index (χ1) is 7.58. The van der Waals surface area contributed by atoms with E-state index < -0.39 is 12.1 Å². The highest BCUT2D eigenvalue weighted by Gasteiger charge is 2.14. The van der Waals surface area contributed by atoms with Crippen molar-refractivity contribution in [3.8, 4) is 0 Å². The number of aliphatic hydroxyl groups is 1. The molecule has 16 heavy (non-hydrogen) atoms. The third kappa shape index (κ3) is 1.90. The number of carboxylic acids is 1.